The number of hydrogen-bond acceptors (Lipinski definition) is 3. The highest BCUT2D eigenvalue weighted by Crippen LogP contribution is 2.39. The summed E-state index contributed by atoms with van der Waals surface area (Å²) in [5.74, 6) is 0. The van der Waals surface area contributed by atoms with E-state index in [-0.39, 0.29) is 5.41 Å². The molecule has 1 fully saturated rings. The fourth-order valence-corrected chi connectivity index (χ4v) is 6.21. The molecule has 1 aromatic rings. The van der Waals surface area contributed by atoms with Crippen molar-refractivity contribution >= 4 is 53.2 Å². The minimum absolute atomic E-state index is 0.0988. The van der Waals surface area contributed by atoms with Crippen LogP contribution in [0.15, 0.2) is 20.1 Å². The smallest absolute Gasteiger partial charge is 0.210 e. The van der Waals surface area contributed by atoms with Crippen molar-refractivity contribution in [2.45, 2.75) is 29.9 Å². The van der Waals surface area contributed by atoms with Gasteiger partial charge in [0.2, 0.25) is 10.0 Å². The third kappa shape index (κ3) is 3.36. The van der Waals surface area contributed by atoms with E-state index >= 15 is 0 Å². The Morgan fingerprint density at radius 2 is 2.00 bits per heavy atom. The first-order valence-corrected chi connectivity index (χ1v) is 10.00. The van der Waals surface area contributed by atoms with Crippen molar-refractivity contribution in [3.8, 4) is 0 Å². The van der Waals surface area contributed by atoms with Crippen molar-refractivity contribution < 1.29 is 8.42 Å². The Morgan fingerprint density at radius 3 is 2.50 bits per heavy atom. The first kappa shape index (κ1) is 15.0. The van der Waals surface area contributed by atoms with Gasteiger partial charge in [0.15, 0.2) is 0 Å². The number of halogens is 2. The molecule has 1 N–H and O–H groups in total. The minimum Gasteiger partial charge on any atom is -0.210 e. The molecule has 18 heavy (non-hydrogen) atoms. The quantitative estimate of drug-likeness (QED) is 0.743. The maximum Gasteiger partial charge on any atom is 0.250 e. The molecule has 102 valence electrons. The third-order valence-corrected chi connectivity index (χ3v) is 8.10. The van der Waals surface area contributed by atoms with E-state index < -0.39 is 10.0 Å². The Labute approximate surface area is 129 Å². The van der Waals surface area contributed by atoms with Crippen molar-refractivity contribution in [2.75, 3.05) is 11.9 Å². The average molecular weight is 417 g/mol. The lowest BCUT2D eigenvalue weighted by Gasteiger charge is -2.26. The zero-order valence-electron chi connectivity index (χ0n) is 9.79. The van der Waals surface area contributed by atoms with Gasteiger partial charge in [0, 0.05) is 11.9 Å². The van der Waals surface area contributed by atoms with Crippen LogP contribution in [0.25, 0.3) is 0 Å². The summed E-state index contributed by atoms with van der Waals surface area (Å²) in [6, 6.07) is 3.39. The largest absolute Gasteiger partial charge is 0.250 e. The Balaban J connectivity index is 2.05. The SMILES string of the molecule is O=S(=O)(NCC1(CBr)CCCC1)c1ccc(Br)s1. The summed E-state index contributed by atoms with van der Waals surface area (Å²) in [5.41, 5.74) is 0.0988. The molecule has 7 heteroatoms. The fourth-order valence-electron chi connectivity index (χ4n) is 2.24. The van der Waals surface area contributed by atoms with Crippen LogP contribution in [-0.4, -0.2) is 20.3 Å². The van der Waals surface area contributed by atoms with E-state index in [1.165, 1.54) is 24.2 Å². The number of rotatable bonds is 5. The van der Waals surface area contributed by atoms with Crippen LogP contribution in [0.5, 0.6) is 0 Å². The molecule has 0 aliphatic heterocycles. The van der Waals surface area contributed by atoms with Crippen LogP contribution in [0.3, 0.4) is 0 Å². The Bertz CT molecular complexity index is 507. The molecule has 3 nitrogen and oxygen atoms in total. The molecular weight excluding hydrogens is 402 g/mol. The van der Waals surface area contributed by atoms with Crippen LogP contribution in [0.2, 0.25) is 0 Å². The van der Waals surface area contributed by atoms with Crippen LogP contribution in [0, 0.1) is 5.41 Å². The Morgan fingerprint density at radius 1 is 1.33 bits per heavy atom. The molecule has 1 aliphatic rings. The summed E-state index contributed by atoms with van der Waals surface area (Å²) in [6.07, 6.45) is 4.57. The first-order valence-electron chi connectivity index (χ1n) is 5.78. The third-order valence-electron chi connectivity index (χ3n) is 3.40. The summed E-state index contributed by atoms with van der Waals surface area (Å²) in [7, 11) is -3.36. The normalized spacial score (nSPS) is 19.2. The second-order valence-corrected chi connectivity index (χ2v) is 9.74. The van der Waals surface area contributed by atoms with Crippen LogP contribution in [0.1, 0.15) is 25.7 Å². The van der Waals surface area contributed by atoms with E-state index in [9.17, 15) is 8.42 Å². The number of alkyl halides is 1. The van der Waals surface area contributed by atoms with Crippen molar-refractivity contribution in [2.24, 2.45) is 5.41 Å². The van der Waals surface area contributed by atoms with Crippen LogP contribution in [0.4, 0.5) is 0 Å². The molecule has 0 radical (unpaired) electrons. The Hall–Kier alpha value is 0.570. The molecule has 0 amide bonds. The van der Waals surface area contributed by atoms with Gasteiger partial charge < -0.3 is 0 Å². The molecule has 1 aliphatic carbocycles. The van der Waals surface area contributed by atoms with Gasteiger partial charge in [-0.25, -0.2) is 13.1 Å². The zero-order valence-corrected chi connectivity index (χ0v) is 14.6. The van der Waals surface area contributed by atoms with Gasteiger partial charge >= 0.3 is 0 Å². The summed E-state index contributed by atoms with van der Waals surface area (Å²) < 4.78 is 28.2. The van der Waals surface area contributed by atoms with Crippen LogP contribution >= 0.6 is 43.2 Å². The second-order valence-electron chi connectivity index (χ2n) is 4.72. The number of nitrogens with one attached hydrogen (secondary N) is 1. The summed E-state index contributed by atoms with van der Waals surface area (Å²) in [6.45, 7) is 0.524. The lowest BCUT2D eigenvalue weighted by Crippen LogP contribution is -2.36. The maximum atomic E-state index is 12.1. The summed E-state index contributed by atoms with van der Waals surface area (Å²) in [4.78, 5) is 0. The monoisotopic (exact) mass is 415 g/mol. The van der Waals surface area contributed by atoms with Gasteiger partial charge in [-0.2, -0.15) is 0 Å². The van der Waals surface area contributed by atoms with Gasteiger partial charge in [0.05, 0.1) is 3.79 Å². The van der Waals surface area contributed by atoms with E-state index in [4.69, 9.17) is 0 Å². The molecule has 0 saturated heterocycles. The van der Waals surface area contributed by atoms with Crippen LogP contribution < -0.4 is 4.72 Å². The van der Waals surface area contributed by atoms with E-state index in [1.807, 2.05) is 0 Å². The molecule has 0 spiro atoms. The van der Waals surface area contributed by atoms with Gasteiger partial charge in [-0.1, -0.05) is 28.8 Å². The maximum absolute atomic E-state index is 12.1. The van der Waals surface area contributed by atoms with E-state index in [1.54, 1.807) is 12.1 Å². The summed E-state index contributed by atoms with van der Waals surface area (Å²) >= 11 is 8.04. The molecule has 1 saturated carbocycles. The highest BCUT2D eigenvalue weighted by molar-refractivity contribution is 9.11. The van der Waals surface area contributed by atoms with Crippen LogP contribution in [-0.2, 0) is 10.0 Å². The van der Waals surface area contributed by atoms with Gasteiger partial charge in [0.1, 0.15) is 4.21 Å². The van der Waals surface area contributed by atoms with Gasteiger partial charge in [0.25, 0.3) is 0 Å². The average Bonchev–Trinajstić information content (AvgIpc) is 2.96. The zero-order chi connectivity index (χ0) is 13.2. The molecule has 0 bridgehead atoms. The summed E-state index contributed by atoms with van der Waals surface area (Å²) in [5, 5.41) is 0.858. The predicted molar refractivity (Wildman–Crippen MR) is 81.9 cm³/mol. The second kappa shape index (κ2) is 5.91. The molecule has 2 rings (SSSR count). The highest BCUT2D eigenvalue weighted by atomic mass is 79.9. The van der Waals surface area contributed by atoms with E-state index in [0.717, 1.165) is 22.0 Å². The molecule has 1 aromatic heterocycles. The fraction of sp³-hybridized carbons (Fsp3) is 0.636. The molecule has 1 heterocycles. The number of hydrogen-bond donors (Lipinski definition) is 1. The minimum atomic E-state index is -3.36. The molecule has 0 unspecified atom stereocenters. The van der Waals surface area contributed by atoms with Gasteiger partial charge in [-0.15, -0.1) is 11.3 Å². The lowest BCUT2D eigenvalue weighted by atomic mass is 9.89. The predicted octanol–water partition coefficient (Wildman–Crippen LogP) is 3.74. The first-order chi connectivity index (χ1) is 8.47. The van der Waals surface area contributed by atoms with E-state index in [2.05, 4.69) is 36.6 Å². The van der Waals surface area contributed by atoms with Gasteiger partial charge in [-0.3, -0.25) is 0 Å². The van der Waals surface area contributed by atoms with E-state index in [0.29, 0.717) is 10.8 Å². The molecular formula is C11H15Br2NO2S2. The number of thiophene rings is 1. The molecule has 0 aromatic carbocycles. The van der Waals surface area contributed by atoms with Crippen molar-refractivity contribution in [1.29, 1.82) is 0 Å². The number of sulfonamides is 1. The lowest BCUT2D eigenvalue weighted by molar-refractivity contribution is 0.348. The van der Waals surface area contributed by atoms with Crippen molar-refractivity contribution in [1.82, 2.24) is 4.72 Å². The van der Waals surface area contributed by atoms with Crippen molar-refractivity contribution in [3.05, 3.63) is 15.9 Å². The molecule has 0 atom stereocenters. The standard InChI is InChI=1S/C11H15Br2NO2S2/c12-7-11(5-1-2-6-11)8-14-18(15,16)10-4-3-9(13)17-10/h3-4,14H,1-2,5-8H2. The van der Waals surface area contributed by atoms with Crippen molar-refractivity contribution in [3.63, 3.8) is 0 Å². The Kier molecular flexibility index (Phi) is 4.91. The highest BCUT2D eigenvalue weighted by Gasteiger charge is 2.34. The topological polar surface area (TPSA) is 46.2 Å². The van der Waals surface area contributed by atoms with Gasteiger partial charge in [-0.05, 0) is 46.3 Å².